The Hall–Kier alpha value is -2.29. The van der Waals surface area contributed by atoms with Crippen LogP contribution in [0.5, 0.6) is 0 Å². The van der Waals surface area contributed by atoms with Crippen molar-refractivity contribution in [3.63, 3.8) is 0 Å². The second-order valence-electron chi connectivity index (χ2n) is 5.58. The highest BCUT2D eigenvalue weighted by Crippen LogP contribution is 2.25. The van der Waals surface area contributed by atoms with Crippen LogP contribution in [0.4, 0.5) is 5.69 Å². The number of morpholine rings is 1. The third-order valence-corrected chi connectivity index (χ3v) is 4.93. The summed E-state index contributed by atoms with van der Waals surface area (Å²) in [7, 11) is 0. The second kappa shape index (κ2) is 8.70. The zero-order valence-corrected chi connectivity index (χ0v) is 14.5. The molecule has 3 rings (SSSR count). The molecule has 2 N–H and O–H groups in total. The summed E-state index contributed by atoms with van der Waals surface area (Å²) in [6.45, 7) is 3.35. The van der Waals surface area contributed by atoms with Gasteiger partial charge in [-0.15, -0.1) is 11.3 Å². The van der Waals surface area contributed by atoms with E-state index in [-0.39, 0.29) is 6.04 Å². The van der Waals surface area contributed by atoms with Crippen LogP contribution >= 0.6 is 11.3 Å². The molecule has 1 unspecified atom stereocenters. The summed E-state index contributed by atoms with van der Waals surface area (Å²) >= 11 is 1.65. The standard InChI is InChI=1S/C17H20N4O3S/c22-16(17(23)20-13-3-5-18-6-4-13)19-12-14(15-2-1-11-25-15)21-7-9-24-10-8-21/h1-6,11,14H,7-10,12H2,(H,19,22)(H,18,20,23). The van der Waals surface area contributed by atoms with Crippen LogP contribution in [-0.2, 0) is 14.3 Å². The first-order chi connectivity index (χ1) is 12.2. The van der Waals surface area contributed by atoms with E-state index in [4.69, 9.17) is 4.74 Å². The molecule has 1 saturated heterocycles. The summed E-state index contributed by atoms with van der Waals surface area (Å²) in [5.41, 5.74) is 0.540. The molecular weight excluding hydrogens is 340 g/mol. The molecule has 2 aromatic rings. The van der Waals surface area contributed by atoms with Gasteiger partial charge in [0.05, 0.1) is 19.3 Å². The van der Waals surface area contributed by atoms with Gasteiger partial charge in [-0.25, -0.2) is 0 Å². The van der Waals surface area contributed by atoms with Gasteiger partial charge in [0, 0.05) is 42.6 Å². The maximum atomic E-state index is 12.1. The number of rotatable bonds is 5. The van der Waals surface area contributed by atoms with Crippen LogP contribution in [-0.4, -0.2) is 54.5 Å². The number of amides is 2. The molecule has 1 aliphatic heterocycles. The monoisotopic (exact) mass is 360 g/mol. The van der Waals surface area contributed by atoms with E-state index in [9.17, 15) is 9.59 Å². The molecule has 132 valence electrons. The molecule has 1 atom stereocenters. The molecule has 1 fully saturated rings. The van der Waals surface area contributed by atoms with Gasteiger partial charge in [0.25, 0.3) is 0 Å². The number of hydrogen-bond donors (Lipinski definition) is 2. The number of carbonyl (C=O) groups excluding carboxylic acids is 2. The van der Waals surface area contributed by atoms with Crippen molar-refractivity contribution in [2.24, 2.45) is 0 Å². The number of thiophene rings is 1. The molecule has 2 aromatic heterocycles. The van der Waals surface area contributed by atoms with E-state index >= 15 is 0 Å². The van der Waals surface area contributed by atoms with E-state index in [0.29, 0.717) is 25.4 Å². The summed E-state index contributed by atoms with van der Waals surface area (Å²) in [6.07, 6.45) is 3.11. The van der Waals surface area contributed by atoms with Gasteiger partial charge in [-0.2, -0.15) is 0 Å². The lowest BCUT2D eigenvalue weighted by Gasteiger charge is -2.34. The summed E-state index contributed by atoms with van der Waals surface area (Å²) in [4.78, 5) is 31.4. The minimum Gasteiger partial charge on any atom is -0.379 e. The van der Waals surface area contributed by atoms with Crippen LogP contribution < -0.4 is 10.6 Å². The van der Waals surface area contributed by atoms with Crippen molar-refractivity contribution in [2.45, 2.75) is 6.04 Å². The summed E-state index contributed by atoms with van der Waals surface area (Å²) in [5.74, 6) is -1.33. The van der Waals surface area contributed by atoms with E-state index in [1.165, 1.54) is 0 Å². The lowest BCUT2D eigenvalue weighted by atomic mass is 10.2. The fourth-order valence-corrected chi connectivity index (χ4v) is 3.53. The molecule has 8 heteroatoms. The normalized spacial score (nSPS) is 16.2. The molecule has 2 amide bonds. The average molecular weight is 360 g/mol. The molecule has 0 aromatic carbocycles. The quantitative estimate of drug-likeness (QED) is 0.785. The van der Waals surface area contributed by atoms with E-state index in [1.54, 1.807) is 35.9 Å². The van der Waals surface area contributed by atoms with Crippen LogP contribution in [0, 0.1) is 0 Å². The number of pyridine rings is 1. The predicted octanol–water partition coefficient (Wildman–Crippen LogP) is 1.27. The predicted molar refractivity (Wildman–Crippen MR) is 95.3 cm³/mol. The van der Waals surface area contributed by atoms with Crippen LogP contribution in [0.15, 0.2) is 42.0 Å². The molecule has 0 aliphatic carbocycles. The highest BCUT2D eigenvalue weighted by Gasteiger charge is 2.25. The third kappa shape index (κ3) is 4.85. The lowest BCUT2D eigenvalue weighted by Crippen LogP contribution is -2.45. The Balaban J connectivity index is 1.58. The van der Waals surface area contributed by atoms with E-state index in [1.807, 2.05) is 17.5 Å². The van der Waals surface area contributed by atoms with Gasteiger partial charge < -0.3 is 15.4 Å². The fourth-order valence-electron chi connectivity index (χ4n) is 2.67. The first-order valence-corrected chi connectivity index (χ1v) is 8.96. The maximum Gasteiger partial charge on any atom is 0.313 e. The molecule has 0 spiro atoms. The minimum atomic E-state index is -0.682. The highest BCUT2D eigenvalue weighted by atomic mass is 32.1. The van der Waals surface area contributed by atoms with Crippen molar-refractivity contribution >= 4 is 28.8 Å². The third-order valence-electron chi connectivity index (χ3n) is 3.96. The molecule has 0 saturated carbocycles. The second-order valence-corrected chi connectivity index (χ2v) is 6.56. The van der Waals surface area contributed by atoms with E-state index in [0.717, 1.165) is 18.0 Å². The number of hydrogen-bond acceptors (Lipinski definition) is 6. The van der Waals surface area contributed by atoms with Gasteiger partial charge >= 0.3 is 11.8 Å². The first-order valence-electron chi connectivity index (χ1n) is 8.08. The molecule has 0 radical (unpaired) electrons. The van der Waals surface area contributed by atoms with Crippen molar-refractivity contribution < 1.29 is 14.3 Å². The Morgan fingerprint density at radius 2 is 1.96 bits per heavy atom. The van der Waals surface area contributed by atoms with Gasteiger partial charge in [-0.3, -0.25) is 19.5 Å². The number of nitrogens with one attached hydrogen (secondary N) is 2. The molecule has 1 aliphatic rings. The van der Waals surface area contributed by atoms with Crippen molar-refractivity contribution in [1.82, 2.24) is 15.2 Å². The van der Waals surface area contributed by atoms with Gasteiger partial charge in [-0.1, -0.05) is 6.07 Å². The maximum absolute atomic E-state index is 12.1. The van der Waals surface area contributed by atoms with E-state index < -0.39 is 11.8 Å². The Kier molecular flexibility index (Phi) is 6.10. The minimum absolute atomic E-state index is 0.0431. The zero-order chi connectivity index (χ0) is 17.5. The average Bonchev–Trinajstić information content (AvgIpc) is 3.18. The number of carbonyl (C=O) groups is 2. The molecule has 7 nitrogen and oxygen atoms in total. The van der Waals surface area contributed by atoms with Crippen molar-refractivity contribution in [3.05, 3.63) is 46.9 Å². The van der Waals surface area contributed by atoms with Gasteiger partial charge in [0.1, 0.15) is 0 Å². The topological polar surface area (TPSA) is 83.6 Å². The fraction of sp³-hybridized carbons (Fsp3) is 0.353. The SMILES string of the molecule is O=C(NCC(c1cccs1)N1CCOCC1)C(=O)Nc1ccncc1. The van der Waals surface area contributed by atoms with Crippen LogP contribution in [0.3, 0.4) is 0 Å². The molecular formula is C17H20N4O3S. The van der Waals surface area contributed by atoms with Crippen molar-refractivity contribution in [3.8, 4) is 0 Å². The Morgan fingerprint density at radius 1 is 1.20 bits per heavy atom. The van der Waals surface area contributed by atoms with Gasteiger partial charge in [0.2, 0.25) is 0 Å². The summed E-state index contributed by atoms with van der Waals surface area (Å²) in [5, 5.41) is 7.32. The Labute approximate surface area is 150 Å². The van der Waals surface area contributed by atoms with Gasteiger partial charge in [0.15, 0.2) is 0 Å². The van der Waals surface area contributed by atoms with Gasteiger partial charge in [-0.05, 0) is 23.6 Å². The van der Waals surface area contributed by atoms with Crippen molar-refractivity contribution in [2.75, 3.05) is 38.2 Å². The summed E-state index contributed by atoms with van der Waals surface area (Å²) < 4.78 is 5.40. The zero-order valence-electron chi connectivity index (χ0n) is 13.7. The largest absolute Gasteiger partial charge is 0.379 e. The van der Waals surface area contributed by atoms with Crippen LogP contribution in [0.25, 0.3) is 0 Å². The summed E-state index contributed by atoms with van der Waals surface area (Å²) in [6, 6.07) is 7.35. The number of nitrogens with zero attached hydrogens (tertiary/aromatic N) is 2. The van der Waals surface area contributed by atoms with Crippen molar-refractivity contribution in [1.29, 1.82) is 0 Å². The van der Waals surface area contributed by atoms with E-state index in [2.05, 4.69) is 20.5 Å². The Bertz CT molecular complexity index is 687. The molecule has 0 bridgehead atoms. The molecule has 3 heterocycles. The molecule has 25 heavy (non-hydrogen) atoms. The number of ether oxygens (including phenoxy) is 1. The Morgan fingerprint density at radius 3 is 2.64 bits per heavy atom. The first kappa shape index (κ1) is 17.5. The number of aromatic nitrogens is 1. The van der Waals surface area contributed by atoms with Crippen LogP contribution in [0.1, 0.15) is 10.9 Å². The van der Waals surface area contributed by atoms with Crippen LogP contribution in [0.2, 0.25) is 0 Å². The smallest absolute Gasteiger partial charge is 0.313 e. The number of anilines is 1. The highest BCUT2D eigenvalue weighted by molar-refractivity contribution is 7.10. The lowest BCUT2D eigenvalue weighted by molar-refractivity contribution is -0.136.